The number of rotatable bonds is 11. The molecule has 2 rings (SSSR count). The summed E-state index contributed by atoms with van der Waals surface area (Å²) in [7, 11) is 0. The van der Waals surface area contributed by atoms with E-state index in [1.165, 1.54) is 0 Å². The molecule has 0 radical (unpaired) electrons. The van der Waals surface area contributed by atoms with Gasteiger partial charge in [-0.2, -0.15) is 0 Å². The van der Waals surface area contributed by atoms with Crippen molar-refractivity contribution in [3.8, 4) is 0 Å². The standard InChI is InChI=1S/C25H30N2O6/c1-4-14-32-25(31)19-10-12-20(13-11-19)26-22(28)6-5-7-24(30)33-16-23(29)27-21-15-17(2)8-9-18(21)3/h8-13,15H,4-7,14,16H2,1-3H3,(H,26,28)(H,27,29). The Morgan fingerprint density at radius 2 is 1.58 bits per heavy atom. The minimum Gasteiger partial charge on any atom is -0.462 e. The number of carbonyl (C=O) groups is 4. The summed E-state index contributed by atoms with van der Waals surface area (Å²) in [5, 5.41) is 5.42. The molecule has 33 heavy (non-hydrogen) atoms. The molecule has 8 nitrogen and oxygen atoms in total. The Labute approximate surface area is 193 Å². The Kier molecular flexibility index (Phi) is 10.1. The maximum absolute atomic E-state index is 12.1. The molecular formula is C25H30N2O6. The molecule has 0 spiro atoms. The number of ether oxygens (including phenoxy) is 2. The van der Waals surface area contributed by atoms with E-state index in [1.54, 1.807) is 24.3 Å². The first kappa shape index (κ1) is 25.6. The van der Waals surface area contributed by atoms with E-state index in [0.29, 0.717) is 23.5 Å². The highest BCUT2D eigenvalue weighted by Crippen LogP contribution is 2.16. The third kappa shape index (κ3) is 9.14. The molecule has 8 heteroatoms. The van der Waals surface area contributed by atoms with Crippen LogP contribution in [0.1, 0.15) is 54.1 Å². The van der Waals surface area contributed by atoms with Crippen LogP contribution < -0.4 is 10.6 Å². The predicted molar refractivity (Wildman–Crippen MR) is 125 cm³/mol. The van der Waals surface area contributed by atoms with Crippen molar-refractivity contribution < 1.29 is 28.7 Å². The Morgan fingerprint density at radius 1 is 0.848 bits per heavy atom. The molecule has 0 heterocycles. The zero-order chi connectivity index (χ0) is 24.2. The zero-order valence-corrected chi connectivity index (χ0v) is 19.2. The lowest BCUT2D eigenvalue weighted by Gasteiger charge is -2.10. The Morgan fingerprint density at radius 3 is 2.27 bits per heavy atom. The normalized spacial score (nSPS) is 10.3. The van der Waals surface area contributed by atoms with Gasteiger partial charge in [0.05, 0.1) is 12.2 Å². The van der Waals surface area contributed by atoms with Crippen LogP contribution in [0, 0.1) is 13.8 Å². The average Bonchev–Trinajstić information content (AvgIpc) is 2.79. The molecule has 0 aromatic heterocycles. The summed E-state index contributed by atoms with van der Waals surface area (Å²) in [4.78, 5) is 47.7. The number of benzene rings is 2. The van der Waals surface area contributed by atoms with Crippen LogP contribution >= 0.6 is 0 Å². The zero-order valence-electron chi connectivity index (χ0n) is 19.2. The largest absolute Gasteiger partial charge is 0.462 e. The first-order valence-electron chi connectivity index (χ1n) is 10.9. The van der Waals surface area contributed by atoms with Crippen molar-refractivity contribution in [2.45, 2.75) is 46.5 Å². The second-order valence-corrected chi connectivity index (χ2v) is 7.64. The predicted octanol–water partition coefficient (Wildman–Crippen LogP) is 4.16. The van der Waals surface area contributed by atoms with Crippen LogP contribution in [0.3, 0.4) is 0 Å². The van der Waals surface area contributed by atoms with E-state index in [2.05, 4.69) is 10.6 Å². The van der Waals surface area contributed by atoms with Crippen LogP contribution in [0.25, 0.3) is 0 Å². The quantitative estimate of drug-likeness (QED) is 0.493. The van der Waals surface area contributed by atoms with E-state index in [0.717, 1.165) is 17.5 Å². The molecule has 0 atom stereocenters. The third-order valence-corrected chi connectivity index (χ3v) is 4.66. The van der Waals surface area contributed by atoms with Gasteiger partial charge in [-0.05, 0) is 68.1 Å². The molecule has 0 aliphatic heterocycles. The highest BCUT2D eigenvalue weighted by molar-refractivity contribution is 5.94. The van der Waals surface area contributed by atoms with E-state index in [9.17, 15) is 19.2 Å². The summed E-state index contributed by atoms with van der Waals surface area (Å²) in [5.74, 6) is -1.64. The molecule has 176 valence electrons. The van der Waals surface area contributed by atoms with Crippen molar-refractivity contribution in [3.63, 3.8) is 0 Å². The fourth-order valence-corrected chi connectivity index (χ4v) is 2.86. The number of nitrogens with one attached hydrogen (secondary N) is 2. The van der Waals surface area contributed by atoms with Gasteiger partial charge in [0.1, 0.15) is 0 Å². The van der Waals surface area contributed by atoms with Gasteiger partial charge < -0.3 is 20.1 Å². The highest BCUT2D eigenvalue weighted by Gasteiger charge is 2.11. The third-order valence-electron chi connectivity index (χ3n) is 4.66. The average molecular weight is 455 g/mol. The van der Waals surface area contributed by atoms with Crippen molar-refractivity contribution in [1.82, 2.24) is 0 Å². The van der Waals surface area contributed by atoms with Gasteiger partial charge in [0.25, 0.3) is 5.91 Å². The summed E-state index contributed by atoms with van der Waals surface area (Å²) < 4.78 is 10.0. The highest BCUT2D eigenvalue weighted by atomic mass is 16.5. The summed E-state index contributed by atoms with van der Waals surface area (Å²) in [5.41, 5.74) is 3.55. The maximum atomic E-state index is 12.1. The van der Waals surface area contributed by atoms with Crippen LogP contribution in [0.2, 0.25) is 0 Å². The molecule has 2 aromatic carbocycles. The number of anilines is 2. The number of hydrogen-bond acceptors (Lipinski definition) is 6. The first-order chi connectivity index (χ1) is 15.8. The lowest BCUT2D eigenvalue weighted by Crippen LogP contribution is -2.21. The summed E-state index contributed by atoms with van der Waals surface area (Å²) >= 11 is 0. The SMILES string of the molecule is CCCOC(=O)c1ccc(NC(=O)CCCC(=O)OCC(=O)Nc2cc(C)ccc2C)cc1. The molecule has 0 saturated carbocycles. The van der Waals surface area contributed by atoms with Gasteiger partial charge in [-0.3, -0.25) is 14.4 Å². The Hall–Kier alpha value is -3.68. The summed E-state index contributed by atoms with van der Waals surface area (Å²) in [6.45, 7) is 5.69. The lowest BCUT2D eigenvalue weighted by atomic mass is 10.1. The van der Waals surface area contributed by atoms with Crippen molar-refractivity contribution in [1.29, 1.82) is 0 Å². The molecule has 0 unspecified atom stereocenters. The molecule has 0 aliphatic rings. The molecular weight excluding hydrogens is 424 g/mol. The van der Waals surface area contributed by atoms with Gasteiger partial charge >= 0.3 is 11.9 Å². The van der Waals surface area contributed by atoms with Crippen molar-refractivity contribution >= 4 is 35.1 Å². The number of carbonyl (C=O) groups excluding carboxylic acids is 4. The van der Waals surface area contributed by atoms with Gasteiger partial charge in [0, 0.05) is 24.2 Å². The fraction of sp³-hybridized carbons (Fsp3) is 0.360. The number of hydrogen-bond donors (Lipinski definition) is 2. The molecule has 0 saturated heterocycles. The van der Waals surface area contributed by atoms with E-state index >= 15 is 0 Å². The lowest BCUT2D eigenvalue weighted by molar-refractivity contribution is -0.147. The van der Waals surface area contributed by atoms with Gasteiger partial charge in [-0.25, -0.2) is 4.79 Å². The van der Waals surface area contributed by atoms with E-state index in [-0.39, 0.29) is 31.8 Å². The van der Waals surface area contributed by atoms with Crippen molar-refractivity contribution in [2.75, 3.05) is 23.8 Å². The van der Waals surface area contributed by atoms with Gasteiger partial charge in [0.15, 0.2) is 6.61 Å². The molecule has 2 N–H and O–H groups in total. The number of esters is 2. The van der Waals surface area contributed by atoms with Crippen LogP contribution in [0.5, 0.6) is 0 Å². The summed E-state index contributed by atoms with van der Waals surface area (Å²) in [6.07, 6.45) is 1.16. The minimum absolute atomic E-state index is 0.0202. The Bertz CT molecular complexity index is 985. The second kappa shape index (κ2) is 13.0. The van der Waals surface area contributed by atoms with E-state index in [1.807, 2.05) is 39.0 Å². The molecule has 0 fully saturated rings. The fourth-order valence-electron chi connectivity index (χ4n) is 2.86. The van der Waals surface area contributed by atoms with Gasteiger partial charge in [-0.1, -0.05) is 19.1 Å². The van der Waals surface area contributed by atoms with Crippen molar-refractivity contribution in [3.05, 3.63) is 59.2 Å². The van der Waals surface area contributed by atoms with Crippen LogP contribution in [0.4, 0.5) is 11.4 Å². The first-order valence-corrected chi connectivity index (χ1v) is 10.9. The Balaban J connectivity index is 1.66. The topological polar surface area (TPSA) is 111 Å². The molecule has 0 aliphatic carbocycles. The smallest absolute Gasteiger partial charge is 0.338 e. The number of aryl methyl sites for hydroxylation is 2. The minimum atomic E-state index is -0.547. The van der Waals surface area contributed by atoms with Crippen molar-refractivity contribution in [2.24, 2.45) is 0 Å². The maximum Gasteiger partial charge on any atom is 0.338 e. The second-order valence-electron chi connectivity index (χ2n) is 7.64. The van der Waals surface area contributed by atoms with Crippen LogP contribution in [0.15, 0.2) is 42.5 Å². The van der Waals surface area contributed by atoms with Crippen LogP contribution in [-0.2, 0) is 23.9 Å². The molecule has 0 bridgehead atoms. The molecule has 2 amide bonds. The van der Waals surface area contributed by atoms with Crippen LogP contribution in [-0.4, -0.2) is 37.0 Å². The number of amides is 2. The molecule has 2 aromatic rings. The van der Waals surface area contributed by atoms with E-state index in [4.69, 9.17) is 9.47 Å². The summed E-state index contributed by atoms with van der Waals surface area (Å²) in [6, 6.07) is 12.1. The van der Waals surface area contributed by atoms with E-state index < -0.39 is 17.8 Å². The van der Waals surface area contributed by atoms with Gasteiger partial charge in [-0.15, -0.1) is 0 Å². The monoisotopic (exact) mass is 454 g/mol. The van der Waals surface area contributed by atoms with Gasteiger partial charge in [0.2, 0.25) is 5.91 Å².